The monoisotopic (exact) mass is 529 g/mol. The molecule has 3 aromatic rings. The molecule has 1 N–H and O–H groups in total. The van der Waals surface area contributed by atoms with Crippen LogP contribution in [0.2, 0.25) is 0 Å². The Morgan fingerprint density at radius 2 is 1.72 bits per heavy atom. The second kappa shape index (κ2) is 12.5. The van der Waals surface area contributed by atoms with Crippen molar-refractivity contribution in [3.8, 4) is 17.2 Å². The Hall–Kier alpha value is -4.26. The van der Waals surface area contributed by atoms with Crippen molar-refractivity contribution in [1.82, 2.24) is 4.90 Å². The van der Waals surface area contributed by atoms with Gasteiger partial charge in [-0.1, -0.05) is 69.3 Å². The van der Waals surface area contributed by atoms with E-state index >= 15 is 0 Å². The summed E-state index contributed by atoms with van der Waals surface area (Å²) in [7, 11) is 1.56. The highest BCUT2D eigenvalue weighted by atomic mass is 16.5. The Bertz CT molecular complexity index is 1350. The Balaban J connectivity index is 1.76. The Kier molecular flexibility index (Phi) is 8.92. The number of ketones is 1. The van der Waals surface area contributed by atoms with Gasteiger partial charge in [0.15, 0.2) is 11.5 Å². The lowest BCUT2D eigenvalue weighted by molar-refractivity contribution is -0.139. The van der Waals surface area contributed by atoms with Gasteiger partial charge < -0.3 is 24.2 Å². The molecule has 0 saturated carbocycles. The van der Waals surface area contributed by atoms with Crippen molar-refractivity contribution in [2.45, 2.75) is 39.8 Å². The van der Waals surface area contributed by atoms with Gasteiger partial charge in [0.25, 0.3) is 11.7 Å². The van der Waals surface area contributed by atoms with Gasteiger partial charge in [-0.05, 0) is 47.7 Å². The van der Waals surface area contributed by atoms with E-state index in [2.05, 4.69) is 0 Å². The number of hydrogen-bond donors (Lipinski definition) is 1. The van der Waals surface area contributed by atoms with Gasteiger partial charge >= 0.3 is 0 Å². The molecule has 0 aromatic heterocycles. The highest BCUT2D eigenvalue weighted by molar-refractivity contribution is 6.46. The third-order valence-electron chi connectivity index (χ3n) is 6.44. The molecule has 0 aliphatic carbocycles. The SMILES string of the molecule is CCCN1C(=O)C(=O)/C(=C(\O)c2cccc(OCC(C)C)c2)C1c1ccc(OC)c(OCc2ccccc2)c1. The van der Waals surface area contributed by atoms with E-state index in [-0.39, 0.29) is 11.3 Å². The summed E-state index contributed by atoms with van der Waals surface area (Å²) in [6.07, 6.45) is 0.648. The number of carbonyl (C=O) groups excluding carboxylic acids is 2. The molecule has 1 aliphatic heterocycles. The highest BCUT2D eigenvalue weighted by Gasteiger charge is 2.46. The Labute approximate surface area is 229 Å². The molecule has 1 unspecified atom stereocenters. The van der Waals surface area contributed by atoms with Crippen LogP contribution in [0.25, 0.3) is 5.76 Å². The van der Waals surface area contributed by atoms with Crippen molar-refractivity contribution >= 4 is 17.4 Å². The summed E-state index contributed by atoms with van der Waals surface area (Å²) >= 11 is 0. The topological polar surface area (TPSA) is 85.3 Å². The van der Waals surface area contributed by atoms with Crippen molar-refractivity contribution in [2.75, 3.05) is 20.3 Å². The summed E-state index contributed by atoms with van der Waals surface area (Å²) in [5.74, 6) is 0.306. The van der Waals surface area contributed by atoms with E-state index in [1.807, 2.05) is 51.1 Å². The molecule has 39 heavy (non-hydrogen) atoms. The van der Waals surface area contributed by atoms with Crippen molar-refractivity contribution < 1.29 is 28.9 Å². The largest absolute Gasteiger partial charge is 0.507 e. The maximum absolute atomic E-state index is 13.3. The van der Waals surface area contributed by atoms with Crippen LogP contribution in [0.15, 0.2) is 78.4 Å². The molecule has 1 heterocycles. The number of rotatable bonds is 11. The van der Waals surface area contributed by atoms with Crippen LogP contribution in [-0.2, 0) is 16.2 Å². The van der Waals surface area contributed by atoms with Crippen LogP contribution in [0.1, 0.15) is 49.9 Å². The van der Waals surface area contributed by atoms with E-state index in [9.17, 15) is 14.7 Å². The van der Waals surface area contributed by atoms with Gasteiger partial charge in [-0.15, -0.1) is 0 Å². The first kappa shape index (κ1) is 27.8. The maximum atomic E-state index is 13.3. The molecule has 1 atom stereocenters. The molecular formula is C32H35NO6. The number of carbonyl (C=O) groups is 2. The minimum absolute atomic E-state index is 0.0358. The molecule has 7 heteroatoms. The van der Waals surface area contributed by atoms with Crippen LogP contribution in [0, 0.1) is 5.92 Å². The molecule has 1 aliphatic rings. The van der Waals surface area contributed by atoms with Crippen LogP contribution >= 0.6 is 0 Å². The van der Waals surface area contributed by atoms with Gasteiger partial charge in [-0.3, -0.25) is 9.59 Å². The van der Waals surface area contributed by atoms with Gasteiger partial charge in [0, 0.05) is 12.1 Å². The third-order valence-corrected chi connectivity index (χ3v) is 6.44. The summed E-state index contributed by atoms with van der Waals surface area (Å²) in [6.45, 7) is 7.23. The van der Waals surface area contributed by atoms with Crippen molar-refractivity contribution in [3.05, 3.63) is 95.1 Å². The minimum Gasteiger partial charge on any atom is -0.507 e. The zero-order chi connectivity index (χ0) is 27.9. The Morgan fingerprint density at radius 3 is 2.41 bits per heavy atom. The van der Waals surface area contributed by atoms with Gasteiger partial charge in [0.05, 0.1) is 25.3 Å². The average Bonchev–Trinajstić information content (AvgIpc) is 3.20. The number of methoxy groups -OCH3 is 1. The number of likely N-dealkylation sites (tertiary alicyclic amines) is 1. The molecule has 7 nitrogen and oxygen atoms in total. The molecule has 1 saturated heterocycles. The molecule has 4 rings (SSSR count). The summed E-state index contributed by atoms with van der Waals surface area (Å²) in [5.41, 5.74) is 2.07. The summed E-state index contributed by atoms with van der Waals surface area (Å²) in [4.78, 5) is 28.0. The molecule has 0 spiro atoms. The molecule has 204 valence electrons. The zero-order valence-electron chi connectivity index (χ0n) is 22.8. The van der Waals surface area contributed by atoms with Crippen molar-refractivity contribution in [3.63, 3.8) is 0 Å². The van der Waals surface area contributed by atoms with Gasteiger partial charge in [0.1, 0.15) is 18.1 Å². The van der Waals surface area contributed by atoms with E-state index in [4.69, 9.17) is 14.2 Å². The number of nitrogens with zero attached hydrogens (tertiary/aromatic N) is 1. The minimum atomic E-state index is -0.782. The van der Waals surface area contributed by atoms with Crippen molar-refractivity contribution in [1.29, 1.82) is 0 Å². The lowest BCUT2D eigenvalue weighted by Crippen LogP contribution is -2.30. The fourth-order valence-corrected chi connectivity index (χ4v) is 4.56. The zero-order valence-corrected chi connectivity index (χ0v) is 22.8. The summed E-state index contributed by atoms with van der Waals surface area (Å²) in [5, 5.41) is 11.4. The molecular weight excluding hydrogens is 494 g/mol. The van der Waals surface area contributed by atoms with Crippen LogP contribution < -0.4 is 14.2 Å². The van der Waals surface area contributed by atoms with E-state index in [0.717, 1.165) is 5.56 Å². The van der Waals surface area contributed by atoms with E-state index in [1.165, 1.54) is 4.90 Å². The predicted molar refractivity (Wildman–Crippen MR) is 150 cm³/mol. The standard InChI is InChI=1S/C32H35NO6/c1-5-16-33-29(23-14-15-26(37-4)27(18-23)39-20-22-10-7-6-8-11-22)28(31(35)32(33)36)30(34)24-12-9-13-25(17-24)38-19-21(2)3/h6-15,17-18,21,29,34H,5,16,19-20H2,1-4H3/b30-28-. The lowest BCUT2D eigenvalue weighted by atomic mass is 9.95. The maximum Gasteiger partial charge on any atom is 0.295 e. The second-order valence-corrected chi connectivity index (χ2v) is 9.91. The number of Topliss-reactive ketones (excluding diaryl/α,β-unsaturated/α-hetero) is 1. The third kappa shape index (κ3) is 6.25. The molecule has 0 bridgehead atoms. The normalized spacial score (nSPS) is 16.5. The molecule has 3 aromatic carbocycles. The fraction of sp³-hybridized carbons (Fsp3) is 0.312. The van der Waals surface area contributed by atoms with Crippen LogP contribution in [0.5, 0.6) is 17.2 Å². The number of aliphatic hydroxyl groups excluding tert-OH is 1. The first-order valence-corrected chi connectivity index (χ1v) is 13.2. The van der Waals surface area contributed by atoms with Gasteiger partial charge in [-0.25, -0.2) is 0 Å². The first-order chi connectivity index (χ1) is 18.8. The van der Waals surface area contributed by atoms with E-state index in [0.29, 0.717) is 60.5 Å². The van der Waals surface area contributed by atoms with E-state index in [1.54, 1.807) is 49.6 Å². The van der Waals surface area contributed by atoms with Crippen LogP contribution in [0.3, 0.4) is 0 Å². The van der Waals surface area contributed by atoms with Gasteiger partial charge in [0.2, 0.25) is 0 Å². The Morgan fingerprint density at radius 1 is 0.949 bits per heavy atom. The van der Waals surface area contributed by atoms with E-state index < -0.39 is 17.7 Å². The fourth-order valence-electron chi connectivity index (χ4n) is 4.56. The number of amides is 1. The molecule has 1 fully saturated rings. The predicted octanol–water partition coefficient (Wildman–Crippen LogP) is 6.14. The number of aliphatic hydroxyl groups is 1. The van der Waals surface area contributed by atoms with Crippen LogP contribution in [0.4, 0.5) is 0 Å². The van der Waals surface area contributed by atoms with Gasteiger partial charge in [-0.2, -0.15) is 0 Å². The lowest BCUT2D eigenvalue weighted by Gasteiger charge is -2.25. The molecule has 1 amide bonds. The quantitative estimate of drug-likeness (QED) is 0.182. The van der Waals surface area contributed by atoms with Crippen molar-refractivity contribution in [2.24, 2.45) is 5.92 Å². The second-order valence-electron chi connectivity index (χ2n) is 9.91. The highest BCUT2D eigenvalue weighted by Crippen LogP contribution is 2.42. The first-order valence-electron chi connectivity index (χ1n) is 13.2. The average molecular weight is 530 g/mol. The summed E-state index contributed by atoms with van der Waals surface area (Å²) in [6, 6.07) is 21.2. The number of benzene rings is 3. The number of hydrogen-bond acceptors (Lipinski definition) is 6. The van der Waals surface area contributed by atoms with Crippen LogP contribution in [-0.4, -0.2) is 42.0 Å². The molecule has 0 radical (unpaired) electrons. The smallest absolute Gasteiger partial charge is 0.295 e. The summed E-state index contributed by atoms with van der Waals surface area (Å²) < 4.78 is 17.4. The number of ether oxygens (including phenoxy) is 3.